The third-order valence-electron chi connectivity index (χ3n) is 4.16. The molecular formula is C16H20N2O2. The van der Waals surface area contributed by atoms with Gasteiger partial charge in [-0.2, -0.15) is 5.26 Å². The molecule has 2 atom stereocenters. The van der Waals surface area contributed by atoms with E-state index in [1.807, 2.05) is 30.0 Å². The lowest BCUT2D eigenvalue weighted by atomic mass is 9.88. The van der Waals surface area contributed by atoms with Crippen LogP contribution in [0.3, 0.4) is 0 Å². The Bertz CT molecular complexity index is 548. The molecule has 20 heavy (non-hydrogen) atoms. The van der Waals surface area contributed by atoms with E-state index in [0.717, 1.165) is 24.1 Å². The van der Waals surface area contributed by atoms with Gasteiger partial charge in [-0.05, 0) is 43.4 Å². The Hall–Kier alpha value is -2.02. The summed E-state index contributed by atoms with van der Waals surface area (Å²) in [6, 6.07) is 7.28. The lowest BCUT2D eigenvalue weighted by Crippen LogP contribution is -2.47. The van der Waals surface area contributed by atoms with Gasteiger partial charge in [0.15, 0.2) is 0 Å². The Morgan fingerprint density at radius 1 is 1.55 bits per heavy atom. The van der Waals surface area contributed by atoms with Crippen molar-refractivity contribution in [1.29, 1.82) is 5.26 Å². The van der Waals surface area contributed by atoms with Crippen LogP contribution in [0.4, 0.5) is 5.69 Å². The van der Waals surface area contributed by atoms with Gasteiger partial charge < -0.3 is 10.0 Å². The fraction of sp³-hybridized carbons (Fsp3) is 0.500. The van der Waals surface area contributed by atoms with Crippen molar-refractivity contribution in [3.05, 3.63) is 29.3 Å². The molecule has 1 fully saturated rings. The zero-order valence-electron chi connectivity index (χ0n) is 12.0. The van der Waals surface area contributed by atoms with Crippen molar-refractivity contribution < 1.29 is 9.90 Å². The van der Waals surface area contributed by atoms with E-state index >= 15 is 0 Å². The predicted molar refractivity (Wildman–Crippen MR) is 77.7 cm³/mol. The van der Waals surface area contributed by atoms with Gasteiger partial charge in [0, 0.05) is 6.54 Å². The summed E-state index contributed by atoms with van der Waals surface area (Å²) >= 11 is 0. The summed E-state index contributed by atoms with van der Waals surface area (Å²) in [6.45, 7) is 4.74. The van der Waals surface area contributed by atoms with E-state index in [1.54, 1.807) is 0 Å². The van der Waals surface area contributed by atoms with E-state index in [1.165, 1.54) is 0 Å². The SMILES string of the molecule is CCC1CCN(c2ccc(C)cc2C#N)C(C(=O)O)C1. The van der Waals surface area contributed by atoms with Crippen molar-refractivity contribution >= 4 is 11.7 Å². The summed E-state index contributed by atoms with van der Waals surface area (Å²) in [6.07, 6.45) is 2.65. The monoisotopic (exact) mass is 272 g/mol. The summed E-state index contributed by atoms with van der Waals surface area (Å²) in [5, 5.41) is 18.7. The van der Waals surface area contributed by atoms with Gasteiger partial charge in [-0.25, -0.2) is 4.79 Å². The van der Waals surface area contributed by atoms with Crippen molar-refractivity contribution in [3.63, 3.8) is 0 Å². The number of carboxylic acid groups (broad SMARTS) is 1. The number of aryl methyl sites for hydroxylation is 1. The van der Waals surface area contributed by atoms with Crippen molar-refractivity contribution in [1.82, 2.24) is 0 Å². The molecule has 1 saturated heterocycles. The van der Waals surface area contributed by atoms with Gasteiger partial charge in [0.2, 0.25) is 0 Å². The van der Waals surface area contributed by atoms with Gasteiger partial charge in [0.05, 0.1) is 11.3 Å². The molecule has 1 aliphatic rings. The maximum absolute atomic E-state index is 11.5. The van der Waals surface area contributed by atoms with E-state index in [4.69, 9.17) is 0 Å². The highest BCUT2D eigenvalue weighted by atomic mass is 16.4. The molecule has 0 radical (unpaired) electrons. The van der Waals surface area contributed by atoms with Crippen LogP contribution in [-0.2, 0) is 4.79 Å². The number of piperidine rings is 1. The Labute approximate surface area is 119 Å². The molecule has 0 saturated carbocycles. The first-order chi connectivity index (χ1) is 9.56. The maximum atomic E-state index is 11.5. The van der Waals surface area contributed by atoms with E-state index in [0.29, 0.717) is 24.4 Å². The van der Waals surface area contributed by atoms with Gasteiger partial charge in [-0.3, -0.25) is 0 Å². The third kappa shape index (κ3) is 2.77. The fourth-order valence-electron chi connectivity index (χ4n) is 2.92. The number of nitrogens with zero attached hydrogens (tertiary/aromatic N) is 2. The number of aliphatic carboxylic acids is 1. The fourth-order valence-corrected chi connectivity index (χ4v) is 2.92. The van der Waals surface area contributed by atoms with Crippen LogP contribution < -0.4 is 4.90 Å². The number of benzene rings is 1. The van der Waals surface area contributed by atoms with Gasteiger partial charge >= 0.3 is 5.97 Å². The van der Waals surface area contributed by atoms with Crippen molar-refractivity contribution in [2.75, 3.05) is 11.4 Å². The van der Waals surface area contributed by atoms with Crippen LogP contribution in [0, 0.1) is 24.2 Å². The predicted octanol–water partition coefficient (Wildman–Crippen LogP) is 2.95. The average molecular weight is 272 g/mol. The summed E-state index contributed by atoms with van der Waals surface area (Å²) in [5.41, 5.74) is 2.33. The third-order valence-corrected chi connectivity index (χ3v) is 4.16. The highest BCUT2D eigenvalue weighted by Gasteiger charge is 2.33. The zero-order chi connectivity index (χ0) is 14.7. The lowest BCUT2D eigenvalue weighted by Gasteiger charge is -2.39. The van der Waals surface area contributed by atoms with Gasteiger partial charge in [-0.1, -0.05) is 19.4 Å². The molecule has 1 heterocycles. The van der Waals surface area contributed by atoms with Crippen LogP contribution in [0.25, 0.3) is 0 Å². The molecule has 0 spiro atoms. The largest absolute Gasteiger partial charge is 0.480 e. The van der Waals surface area contributed by atoms with Crippen molar-refractivity contribution in [2.24, 2.45) is 5.92 Å². The lowest BCUT2D eigenvalue weighted by molar-refractivity contribution is -0.139. The second-order valence-electron chi connectivity index (χ2n) is 5.48. The number of nitriles is 1. The smallest absolute Gasteiger partial charge is 0.326 e. The van der Waals surface area contributed by atoms with Crippen LogP contribution >= 0.6 is 0 Å². The molecule has 4 heteroatoms. The van der Waals surface area contributed by atoms with Crippen LogP contribution in [0.2, 0.25) is 0 Å². The average Bonchev–Trinajstić information content (AvgIpc) is 2.46. The van der Waals surface area contributed by atoms with E-state index in [9.17, 15) is 15.2 Å². The van der Waals surface area contributed by atoms with Crippen molar-refractivity contribution in [3.8, 4) is 6.07 Å². The minimum absolute atomic E-state index is 0.461. The molecule has 0 amide bonds. The van der Waals surface area contributed by atoms with Gasteiger partial charge in [0.25, 0.3) is 0 Å². The number of hydrogen-bond acceptors (Lipinski definition) is 3. The summed E-state index contributed by atoms with van der Waals surface area (Å²) in [4.78, 5) is 13.4. The molecule has 1 aliphatic heterocycles. The van der Waals surface area contributed by atoms with Crippen LogP contribution in [0.5, 0.6) is 0 Å². The number of hydrogen-bond donors (Lipinski definition) is 1. The highest BCUT2D eigenvalue weighted by Crippen LogP contribution is 2.32. The molecule has 1 aromatic carbocycles. The van der Waals surface area contributed by atoms with E-state index < -0.39 is 12.0 Å². The zero-order valence-corrected chi connectivity index (χ0v) is 12.0. The number of carbonyl (C=O) groups is 1. The number of anilines is 1. The first-order valence-corrected chi connectivity index (χ1v) is 7.07. The van der Waals surface area contributed by atoms with Gasteiger partial charge in [0.1, 0.15) is 12.1 Å². The topological polar surface area (TPSA) is 64.3 Å². The van der Waals surface area contributed by atoms with Crippen LogP contribution in [0.1, 0.15) is 37.3 Å². The molecular weight excluding hydrogens is 252 g/mol. The first kappa shape index (κ1) is 14.4. The van der Waals surface area contributed by atoms with Crippen LogP contribution in [0.15, 0.2) is 18.2 Å². The van der Waals surface area contributed by atoms with Gasteiger partial charge in [-0.15, -0.1) is 0 Å². The Kier molecular flexibility index (Phi) is 4.29. The van der Waals surface area contributed by atoms with Crippen molar-refractivity contribution in [2.45, 2.75) is 39.2 Å². The number of rotatable bonds is 3. The molecule has 2 rings (SSSR count). The second-order valence-corrected chi connectivity index (χ2v) is 5.48. The summed E-state index contributed by atoms with van der Waals surface area (Å²) < 4.78 is 0. The molecule has 106 valence electrons. The minimum Gasteiger partial charge on any atom is -0.480 e. The second kappa shape index (κ2) is 5.96. The molecule has 1 aromatic rings. The molecule has 0 aliphatic carbocycles. The Morgan fingerprint density at radius 2 is 2.30 bits per heavy atom. The summed E-state index contributed by atoms with van der Waals surface area (Å²) in [5.74, 6) is -0.337. The summed E-state index contributed by atoms with van der Waals surface area (Å²) in [7, 11) is 0. The quantitative estimate of drug-likeness (QED) is 0.918. The number of carboxylic acids is 1. The Balaban J connectivity index is 2.35. The maximum Gasteiger partial charge on any atom is 0.326 e. The molecule has 4 nitrogen and oxygen atoms in total. The molecule has 0 bridgehead atoms. The minimum atomic E-state index is -0.799. The standard InChI is InChI=1S/C16H20N2O2/c1-3-12-6-7-18(15(9-12)16(19)20)14-5-4-11(2)8-13(14)10-17/h4-5,8,12,15H,3,6-7,9H2,1-2H3,(H,19,20). The molecule has 2 unspecified atom stereocenters. The highest BCUT2D eigenvalue weighted by molar-refractivity contribution is 5.79. The normalized spacial score (nSPS) is 22.4. The Morgan fingerprint density at radius 3 is 2.90 bits per heavy atom. The first-order valence-electron chi connectivity index (χ1n) is 7.07. The van der Waals surface area contributed by atoms with E-state index in [-0.39, 0.29) is 0 Å². The molecule has 1 N–H and O–H groups in total. The van der Waals surface area contributed by atoms with E-state index in [2.05, 4.69) is 13.0 Å². The van der Waals surface area contributed by atoms with Crippen LogP contribution in [-0.4, -0.2) is 23.7 Å². The molecule has 0 aromatic heterocycles.